The van der Waals surface area contributed by atoms with Crippen LogP contribution in [-0.4, -0.2) is 25.5 Å². The van der Waals surface area contributed by atoms with E-state index in [0.29, 0.717) is 18.8 Å². The van der Waals surface area contributed by atoms with Gasteiger partial charge < -0.3 is 0 Å². The van der Waals surface area contributed by atoms with Gasteiger partial charge in [-0.2, -0.15) is 5.10 Å². The number of rotatable bonds is 7. The number of hydrogen-bond acceptors (Lipinski definition) is 4. The van der Waals surface area contributed by atoms with Crippen LogP contribution in [0.2, 0.25) is 0 Å². The van der Waals surface area contributed by atoms with E-state index in [1.54, 1.807) is 12.4 Å². The predicted molar refractivity (Wildman–Crippen MR) is 76.1 cm³/mol. The summed E-state index contributed by atoms with van der Waals surface area (Å²) < 4.78 is 1.83. The second-order valence-corrected chi connectivity index (χ2v) is 5.32. The molecule has 20 heavy (non-hydrogen) atoms. The van der Waals surface area contributed by atoms with Crippen LogP contribution in [0.15, 0.2) is 30.9 Å². The largest absolute Gasteiger partial charge is 0.299 e. The van der Waals surface area contributed by atoms with Crippen LogP contribution in [-0.2, 0) is 24.2 Å². The van der Waals surface area contributed by atoms with Gasteiger partial charge in [-0.15, -0.1) is 0 Å². The van der Waals surface area contributed by atoms with Crippen LogP contribution in [0, 0.1) is 5.92 Å². The molecule has 0 aliphatic carbocycles. The molecule has 0 aliphatic rings. The number of pyridine rings is 1. The summed E-state index contributed by atoms with van der Waals surface area (Å²) >= 11 is 0. The van der Waals surface area contributed by atoms with Crippen molar-refractivity contribution in [2.24, 2.45) is 5.92 Å². The summed E-state index contributed by atoms with van der Waals surface area (Å²) in [4.78, 5) is 20.2. The van der Waals surface area contributed by atoms with Crippen LogP contribution >= 0.6 is 0 Å². The van der Waals surface area contributed by atoms with E-state index < -0.39 is 0 Å². The maximum Gasteiger partial charge on any atom is 0.140 e. The summed E-state index contributed by atoms with van der Waals surface area (Å²) in [6, 6.07) is 3.88. The van der Waals surface area contributed by atoms with Gasteiger partial charge in [0.15, 0.2) is 0 Å². The lowest BCUT2D eigenvalue weighted by atomic mass is 10.1. The van der Waals surface area contributed by atoms with Gasteiger partial charge in [0, 0.05) is 25.4 Å². The van der Waals surface area contributed by atoms with Gasteiger partial charge in [0.05, 0.1) is 6.42 Å². The fourth-order valence-electron chi connectivity index (χ4n) is 2.02. The highest BCUT2D eigenvalue weighted by Gasteiger charge is 2.11. The first-order chi connectivity index (χ1) is 9.65. The Morgan fingerprint density at radius 1 is 1.30 bits per heavy atom. The fraction of sp³-hybridized carbons (Fsp3) is 0.467. The molecule has 2 rings (SSSR count). The van der Waals surface area contributed by atoms with E-state index in [2.05, 4.69) is 28.9 Å². The van der Waals surface area contributed by atoms with Crippen molar-refractivity contribution in [1.29, 1.82) is 0 Å². The van der Waals surface area contributed by atoms with Crippen LogP contribution in [0.5, 0.6) is 0 Å². The standard InChI is InChI=1S/C15H20N4O/c1-12(2)10-19-15(17-11-18-19)9-14(20)4-3-13-5-7-16-8-6-13/h5-8,11-12H,3-4,9-10H2,1-2H3. The first-order valence-electron chi connectivity index (χ1n) is 6.92. The van der Waals surface area contributed by atoms with E-state index >= 15 is 0 Å². The first-order valence-corrected chi connectivity index (χ1v) is 6.92. The van der Waals surface area contributed by atoms with Gasteiger partial charge in [-0.25, -0.2) is 9.67 Å². The number of aromatic nitrogens is 4. The number of carbonyl (C=O) groups is 1. The van der Waals surface area contributed by atoms with Crippen molar-refractivity contribution in [3.63, 3.8) is 0 Å². The Morgan fingerprint density at radius 3 is 2.75 bits per heavy atom. The van der Waals surface area contributed by atoms with Gasteiger partial charge in [-0.05, 0) is 30.0 Å². The Hall–Kier alpha value is -2.04. The van der Waals surface area contributed by atoms with E-state index in [1.807, 2.05) is 16.8 Å². The van der Waals surface area contributed by atoms with Gasteiger partial charge in [-0.3, -0.25) is 9.78 Å². The van der Waals surface area contributed by atoms with Crippen molar-refractivity contribution >= 4 is 5.78 Å². The van der Waals surface area contributed by atoms with Crippen LogP contribution in [0.25, 0.3) is 0 Å². The molecule has 0 atom stereocenters. The highest BCUT2D eigenvalue weighted by Crippen LogP contribution is 2.06. The average molecular weight is 272 g/mol. The van der Waals surface area contributed by atoms with E-state index in [-0.39, 0.29) is 5.78 Å². The van der Waals surface area contributed by atoms with Crippen molar-refractivity contribution < 1.29 is 4.79 Å². The Balaban J connectivity index is 1.87. The van der Waals surface area contributed by atoms with E-state index in [9.17, 15) is 4.79 Å². The van der Waals surface area contributed by atoms with Crippen LogP contribution in [0.1, 0.15) is 31.7 Å². The zero-order valence-corrected chi connectivity index (χ0v) is 12.0. The minimum absolute atomic E-state index is 0.194. The molecule has 2 aromatic heterocycles. The van der Waals surface area contributed by atoms with Crippen LogP contribution in [0.4, 0.5) is 0 Å². The Labute approximate surface area is 119 Å². The molecule has 5 nitrogen and oxygen atoms in total. The zero-order valence-electron chi connectivity index (χ0n) is 12.0. The SMILES string of the molecule is CC(C)Cn1ncnc1CC(=O)CCc1ccncc1. The molecule has 0 aromatic carbocycles. The molecule has 2 heterocycles. The second-order valence-electron chi connectivity index (χ2n) is 5.32. The molecule has 5 heteroatoms. The summed E-state index contributed by atoms with van der Waals surface area (Å²) in [6.07, 6.45) is 6.65. The second kappa shape index (κ2) is 6.93. The van der Waals surface area contributed by atoms with Crippen molar-refractivity contribution in [2.75, 3.05) is 0 Å². The fourth-order valence-corrected chi connectivity index (χ4v) is 2.02. The number of ketones is 1. The third kappa shape index (κ3) is 4.26. The third-order valence-corrected chi connectivity index (χ3v) is 3.03. The maximum atomic E-state index is 12.0. The summed E-state index contributed by atoms with van der Waals surface area (Å²) in [6.45, 7) is 5.04. The molecule has 0 fully saturated rings. The van der Waals surface area contributed by atoms with E-state index in [1.165, 1.54) is 6.33 Å². The molecule has 2 aromatic rings. The summed E-state index contributed by atoms with van der Waals surface area (Å²) in [5.74, 6) is 1.45. The summed E-state index contributed by atoms with van der Waals surface area (Å²) in [5, 5.41) is 4.17. The van der Waals surface area contributed by atoms with Crippen LogP contribution in [0.3, 0.4) is 0 Å². The molecule has 0 saturated heterocycles. The number of carbonyl (C=O) groups excluding carboxylic acids is 1. The smallest absolute Gasteiger partial charge is 0.140 e. The molecule has 0 spiro atoms. The van der Waals surface area contributed by atoms with Crippen molar-refractivity contribution in [2.45, 2.75) is 39.7 Å². The monoisotopic (exact) mass is 272 g/mol. The average Bonchev–Trinajstić information content (AvgIpc) is 2.84. The minimum Gasteiger partial charge on any atom is -0.299 e. The number of nitrogens with zero attached hydrogens (tertiary/aromatic N) is 4. The third-order valence-electron chi connectivity index (χ3n) is 3.03. The molecule has 0 saturated carbocycles. The van der Waals surface area contributed by atoms with Crippen molar-refractivity contribution in [1.82, 2.24) is 19.7 Å². The quantitative estimate of drug-likeness (QED) is 0.774. The van der Waals surface area contributed by atoms with Crippen LogP contribution < -0.4 is 0 Å². The molecule has 106 valence electrons. The van der Waals surface area contributed by atoms with Crippen molar-refractivity contribution in [3.8, 4) is 0 Å². The zero-order chi connectivity index (χ0) is 14.4. The van der Waals surface area contributed by atoms with Gasteiger partial charge in [-0.1, -0.05) is 13.8 Å². The molecule has 0 bridgehead atoms. The molecular weight excluding hydrogens is 252 g/mol. The lowest BCUT2D eigenvalue weighted by Gasteiger charge is -2.08. The molecule has 0 radical (unpaired) electrons. The lowest BCUT2D eigenvalue weighted by molar-refractivity contribution is -0.118. The van der Waals surface area contributed by atoms with Gasteiger partial charge >= 0.3 is 0 Å². The van der Waals surface area contributed by atoms with E-state index in [4.69, 9.17) is 0 Å². The molecule has 0 unspecified atom stereocenters. The number of Topliss-reactive ketones (excluding diaryl/α,β-unsaturated/α-hetero) is 1. The summed E-state index contributed by atoms with van der Waals surface area (Å²) in [5.41, 5.74) is 1.14. The number of aryl methyl sites for hydroxylation is 1. The molecular formula is C15H20N4O. The predicted octanol–water partition coefficient (Wildman–Crippen LogP) is 2.07. The topological polar surface area (TPSA) is 60.7 Å². The summed E-state index contributed by atoms with van der Waals surface area (Å²) in [7, 11) is 0. The lowest BCUT2D eigenvalue weighted by Crippen LogP contribution is -2.14. The normalized spacial score (nSPS) is 10.9. The first kappa shape index (κ1) is 14.4. The molecule has 0 aliphatic heterocycles. The Morgan fingerprint density at radius 2 is 2.05 bits per heavy atom. The number of hydrogen-bond donors (Lipinski definition) is 0. The highest BCUT2D eigenvalue weighted by atomic mass is 16.1. The van der Waals surface area contributed by atoms with Gasteiger partial charge in [0.25, 0.3) is 0 Å². The highest BCUT2D eigenvalue weighted by molar-refractivity contribution is 5.80. The van der Waals surface area contributed by atoms with Gasteiger partial charge in [0.1, 0.15) is 17.9 Å². The van der Waals surface area contributed by atoms with E-state index in [0.717, 1.165) is 24.4 Å². The maximum absolute atomic E-state index is 12.0. The molecule has 0 N–H and O–H groups in total. The minimum atomic E-state index is 0.194. The Bertz CT molecular complexity index is 548. The van der Waals surface area contributed by atoms with Gasteiger partial charge in [0.2, 0.25) is 0 Å². The molecule has 0 amide bonds. The van der Waals surface area contributed by atoms with Crippen molar-refractivity contribution in [3.05, 3.63) is 42.2 Å². The Kier molecular flexibility index (Phi) is 4.98.